The lowest BCUT2D eigenvalue weighted by Gasteiger charge is -2.27. The molecule has 13 heavy (non-hydrogen) atoms. The van der Waals surface area contributed by atoms with E-state index < -0.39 is 0 Å². The van der Waals surface area contributed by atoms with Crippen molar-refractivity contribution < 1.29 is 0 Å². The lowest BCUT2D eigenvalue weighted by Crippen LogP contribution is -2.27. The van der Waals surface area contributed by atoms with Crippen LogP contribution in [0, 0.1) is 0 Å². The lowest BCUT2D eigenvalue weighted by molar-refractivity contribution is 0.445. The molecule has 1 aromatic carbocycles. The fraction of sp³-hybridized carbons (Fsp3) is 0.400. The van der Waals surface area contributed by atoms with Gasteiger partial charge in [0.05, 0.1) is 10.7 Å². The molecule has 70 valence electrons. The SMILES string of the molecule is Nc1ccc(NC2CCC2)c(Cl)c1. The van der Waals surface area contributed by atoms with Crippen LogP contribution in [0.2, 0.25) is 5.02 Å². The van der Waals surface area contributed by atoms with Crippen LogP contribution in [0.5, 0.6) is 0 Å². The maximum absolute atomic E-state index is 6.01. The van der Waals surface area contributed by atoms with Gasteiger partial charge in [-0.1, -0.05) is 11.6 Å². The molecule has 3 N–H and O–H groups in total. The van der Waals surface area contributed by atoms with Gasteiger partial charge >= 0.3 is 0 Å². The van der Waals surface area contributed by atoms with Crippen molar-refractivity contribution >= 4 is 23.0 Å². The fourth-order valence-electron chi connectivity index (χ4n) is 1.42. The van der Waals surface area contributed by atoms with E-state index in [1.165, 1.54) is 19.3 Å². The van der Waals surface area contributed by atoms with E-state index in [1.54, 1.807) is 6.07 Å². The summed E-state index contributed by atoms with van der Waals surface area (Å²) in [6, 6.07) is 6.20. The summed E-state index contributed by atoms with van der Waals surface area (Å²) in [5, 5.41) is 4.10. The number of nitrogen functional groups attached to an aromatic ring is 1. The first-order chi connectivity index (χ1) is 6.25. The van der Waals surface area contributed by atoms with E-state index in [4.69, 9.17) is 17.3 Å². The van der Waals surface area contributed by atoms with Crippen LogP contribution in [0.3, 0.4) is 0 Å². The number of anilines is 2. The Labute approximate surface area is 83.1 Å². The third-order valence-electron chi connectivity index (χ3n) is 2.46. The highest BCUT2D eigenvalue weighted by molar-refractivity contribution is 6.33. The van der Waals surface area contributed by atoms with Crippen LogP contribution >= 0.6 is 11.6 Å². The molecule has 0 unspecified atom stereocenters. The minimum atomic E-state index is 0.612. The van der Waals surface area contributed by atoms with Gasteiger partial charge in [0.25, 0.3) is 0 Å². The number of rotatable bonds is 2. The zero-order valence-corrected chi connectivity index (χ0v) is 8.14. The molecule has 3 heteroatoms. The Bertz CT molecular complexity index is 308. The van der Waals surface area contributed by atoms with E-state index in [0.29, 0.717) is 16.8 Å². The van der Waals surface area contributed by atoms with E-state index in [1.807, 2.05) is 12.1 Å². The number of hydrogen-bond donors (Lipinski definition) is 2. The Morgan fingerprint density at radius 3 is 2.69 bits per heavy atom. The predicted octanol–water partition coefficient (Wildman–Crippen LogP) is 2.89. The van der Waals surface area contributed by atoms with Crippen LogP contribution in [-0.2, 0) is 0 Å². The summed E-state index contributed by atoms with van der Waals surface area (Å²) in [6.45, 7) is 0. The average Bonchev–Trinajstić information content (AvgIpc) is 1.99. The van der Waals surface area contributed by atoms with Gasteiger partial charge in [-0.3, -0.25) is 0 Å². The smallest absolute Gasteiger partial charge is 0.0658 e. The van der Waals surface area contributed by atoms with Crippen molar-refractivity contribution in [1.82, 2.24) is 0 Å². The molecule has 0 aromatic heterocycles. The number of nitrogens with one attached hydrogen (secondary N) is 1. The van der Waals surface area contributed by atoms with E-state index in [-0.39, 0.29) is 0 Å². The third-order valence-corrected chi connectivity index (χ3v) is 2.77. The fourth-order valence-corrected chi connectivity index (χ4v) is 1.66. The summed E-state index contributed by atoms with van der Waals surface area (Å²) in [5.74, 6) is 0. The first kappa shape index (κ1) is 8.70. The number of hydrogen-bond acceptors (Lipinski definition) is 2. The number of nitrogens with two attached hydrogens (primary N) is 1. The molecule has 0 atom stereocenters. The van der Waals surface area contributed by atoms with Crippen molar-refractivity contribution in [3.05, 3.63) is 23.2 Å². The maximum Gasteiger partial charge on any atom is 0.0658 e. The van der Waals surface area contributed by atoms with Crippen molar-refractivity contribution in [2.24, 2.45) is 0 Å². The van der Waals surface area contributed by atoms with E-state index >= 15 is 0 Å². The Hall–Kier alpha value is -0.890. The molecule has 0 amide bonds. The molecule has 1 aliphatic rings. The van der Waals surface area contributed by atoms with E-state index in [0.717, 1.165) is 5.69 Å². The largest absolute Gasteiger partial charge is 0.399 e. The Morgan fingerprint density at radius 2 is 2.15 bits per heavy atom. The second-order valence-electron chi connectivity index (χ2n) is 3.51. The summed E-state index contributed by atoms with van der Waals surface area (Å²) in [4.78, 5) is 0. The zero-order valence-electron chi connectivity index (χ0n) is 7.39. The van der Waals surface area contributed by atoms with Crippen molar-refractivity contribution in [2.75, 3.05) is 11.1 Å². The summed E-state index contributed by atoms with van der Waals surface area (Å²) < 4.78 is 0. The molecule has 0 saturated heterocycles. The summed E-state index contributed by atoms with van der Waals surface area (Å²) >= 11 is 6.01. The molecule has 2 nitrogen and oxygen atoms in total. The van der Waals surface area contributed by atoms with Crippen molar-refractivity contribution in [3.8, 4) is 0 Å². The van der Waals surface area contributed by atoms with Crippen LogP contribution in [0.15, 0.2) is 18.2 Å². The molecule has 2 rings (SSSR count). The van der Waals surface area contributed by atoms with Gasteiger partial charge in [0.15, 0.2) is 0 Å². The predicted molar refractivity (Wildman–Crippen MR) is 57.1 cm³/mol. The summed E-state index contributed by atoms with van der Waals surface area (Å²) in [6.07, 6.45) is 3.83. The van der Waals surface area contributed by atoms with Crippen LogP contribution in [0.1, 0.15) is 19.3 Å². The number of halogens is 1. The van der Waals surface area contributed by atoms with Crippen LogP contribution < -0.4 is 11.1 Å². The van der Waals surface area contributed by atoms with Gasteiger partial charge < -0.3 is 11.1 Å². The van der Waals surface area contributed by atoms with Gasteiger partial charge in [-0.2, -0.15) is 0 Å². The highest BCUT2D eigenvalue weighted by Gasteiger charge is 2.17. The monoisotopic (exact) mass is 196 g/mol. The first-order valence-electron chi connectivity index (χ1n) is 4.57. The third kappa shape index (κ3) is 1.89. The normalized spacial score (nSPS) is 16.7. The van der Waals surface area contributed by atoms with Crippen molar-refractivity contribution in [1.29, 1.82) is 0 Å². The maximum atomic E-state index is 6.01. The molecule has 0 heterocycles. The van der Waals surface area contributed by atoms with Gasteiger partial charge in [0, 0.05) is 11.7 Å². The highest BCUT2D eigenvalue weighted by Crippen LogP contribution is 2.29. The Morgan fingerprint density at radius 1 is 1.38 bits per heavy atom. The van der Waals surface area contributed by atoms with Gasteiger partial charge in [-0.15, -0.1) is 0 Å². The molecule has 1 aliphatic carbocycles. The van der Waals surface area contributed by atoms with Crippen LogP contribution in [0.4, 0.5) is 11.4 Å². The molecular formula is C10H13ClN2. The minimum absolute atomic E-state index is 0.612. The molecule has 0 aliphatic heterocycles. The molecule has 1 aromatic rings. The summed E-state index contributed by atoms with van der Waals surface area (Å²) in [5.41, 5.74) is 7.31. The molecule has 1 saturated carbocycles. The van der Waals surface area contributed by atoms with Gasteiger partial charge in [-0.05, 0) is 37.5 Å². The van der Waals surface area contributed by atoms with Crippen LogP contribution in [0.25, 0.3) is 0 Å². The first-order valence-corrected chi connectivity index (χ1v) is 4.95. The molecule has 0 bridgehead atoms. The molecule has 0 radical (unpaired) electrons. The minimum Gasteiger partial charge on any atom is -0.399 e. The highest BCUT2D eigenvalue weighted by atomic mass is 35.5. The molecular weight excluding hydrogens is 184 g/mol. The van der Waals surface area contributed by atoms with E-state index in [9.17, 15) is 0 Å². The zero-order chi connectivity index (χ0) is 9.26. The van der Waals surface area contributed by atoms with Crippen molar-refractivity contribution in [3.63, 3.8) is 0 Å². The number of benzene rings is 1. The average molecular weight is 197 g/mol. The lowest BCUT2D eigenvalue weighted by atomic mass is 9.93. The standard InChI is InChI=1S/C10H13ClN2/c11-9-6-7(12)4-5-10(9)13-8-2-1-3-8/h4-6,8,13H,1-3,12H2. The van der Waals surface area contributed by atoms with Gasteiger partial charge in [0.1, 0.15) is 0 Å². The second kappa shape index (κ2) is 3.46. The van der Waals surface area contributed by atoms with Gasteiger partial charge in [0.2, 0.25) is 0 Å². The quantitative estimate of drug-likeness (QED) is 0.714. The Balaban J connectivity index is 2.10. The van der Waals surface area contributed by atoms with Crippen LogP contribution in [-0.4, -0.2) is 6.04 Å². The van der Waals surface area contributed by atoms with Crippen molar-refractivity contribution in [2.45, 2.75) is 25.3 Å². The van der Waals surface area contributed by atoms with E-state index in [2.05, 4.69) is 5.32 Å². The topological polar surface area (TPSA) is 38.0 Å². The molecule has 0 spiro atoms. The summed E-state index contributed by atoms with van der Waals surface area (Å²) in [7, 11) is 0. The molecule has 1 fully saturated rings. The second-order valence-corrected chi connectivity index (χ2v) is 3.92. The van der Waals surface area contributed by atoms with Gasteiger partial charge in [-0.25, -0.2) is 0 Å². The Kier molecular flexibility index (Phi) is 2.32.